The predicted molar refractivity (Wildman–Crippen MR) is 73.6 cm³/mol. The zero-order chi connectivity index (χ0) is 13.9. The monoisotopic (exact) mass is 269 g/mol. The zero-order valence-electron chi connectivity index (χ0n) is 11.1. The number of hydrogen-bond acceptors (Lipinski definition) is 5. The van der Waals surface area contributed by atoms with E-state index in [4.69, 9.17) is 10.3 Å². The number of rotatable bonds is 4. The summed E-state index contributed by atoms with van der Waals surface area (Å²) in [6.45, 7) is 0. The van der Waals surface area contributed by atoms with Crippen LogP contribution in [0, 0.1) is 0 Å². The molecular formula is C14H15N5O. The molecule has 0 aliphatic rings. The van der Waals surface area contributed by atoms with Crippen LogP contribution in [0.2, 0.25) is 0 Å². The lowest BCUT2D eigenvalue weighted by Gasteiger charge is -2.05. The number of hydrogen-bond donors (Lipinski definition) is 1. The van der Waals surface area contributed by atoms with E-state index < -0.39 is 0 Å². The van der Waals surface area contributed by atoms with Crippen molar-refractivity contribution in [2.24, 2.45) is 12.8 Å². The molecule has 1 atom stereocenters. The van der Waals surface area contributed by atoms with Gasteiger partial charge in [-0.3, -0.25) is 0 Å². The van der Waals surface area contributed by atoms with Gasteiger partial charge in [-0.25, -0.2) is 4.98 Å². The number of aromatic nitrogens is 4. The summed E-state index contributed by atoms with van der Waals surface area (Å²) in [6, 6.07) is 9.66. The van der Waals surface area contributed by atoms with E-state index in [0.29, 0.717) is 24.0 Å². The van der Waals surface area contributed by atoms with Gasteiger partial charge in [0.05, 0.1) is 6.04 Å². The van der Waals surface area contributed by atoms with Crippen molar-refractivity contribution in [3.05, 3.63) is 54.2 Å². The predicted octanol–water partition coefficient (Wildman–Crippen LogP) is 1.71. The normalized spacial score (nSPS) is 12.5. The van der Waals surface area contributed by atoms with Crippen molar-refractivity contribution in [2.75, 3.05) is 0 Å². The van der Waals surface area contributed by atoms with Gasteiger partial charge in [-0.05, 0) is 12.0 Å². The Morgan fingerprint density at radius 2 is 2.10 bits per heavy atom. The topological polar surface area (TPSA) is 82.8 Å². The van der Waals surface area contributed by atoms with Gasteiger partial charge >= 0.3 is 0 Å². The van der Waals surface area contributed by atoms with Gasteiger partial charge in [0.1, 0.15) is 0 Å². The molecule has 2 N–H and O–H groups in total. The number of benzene rings is 1. The fourth-order valence-corrected chi connectivity index (χ4v) is 2.01. The molecule has 102 valence electrons. The highest BCUT2D eigenvalue weighted by atomic mass is 16.5. The minimum atomic E-state index is -0.320. The second-order valence-corrected chi connectivity index (χ2v) is 4.61. The van der Waals surface area contributed by atoms with Gasteiger partial charge in [-0.15, -0.1) is 0 Å². The number of imidazole rings is 1. The summed E-state index contributed by atoms with van der Waals surface area (Å²) >= 11 is 0. The molecule has 0 amide bonds. The van der Waals surface area contributed by atoms with Crippen molar-refractivity contribution in [3.8, 4) is 11.6 Å². The summed E-state index contributed by atoms with van der Waals surface area (Å²) in [5, 5.41) is 3.93. The molecule has 0 aliphatic heterocycles. The number of aryl methyl sites for hydroxylation is 1. The average molecular weight is 269 g/mol. The Bertz CT molecular complexity index is 688. The Balaban J connectivity index is 1.78. The van der Waals surface area contributed by atoms with E-state index in [1.54, 1.807) is 6.20 Å². The molecule has 0 bridgehead atoms. The smallest absolute Gasteiger partial charge is 0.244 e. The second kappa shape index (κ2) is 5.26. The van der Waals surface area contributed by atoms with Crippen molar-refractivity contribution in [1.29, 1.82) is 0 Å². The van der Waals surface area contributed by atoms with E-state index in [1.165, 1.54) is 0 Å². The lowest BCUT2D eigenvalue weighted by atomic mass is 10.1. The van der Waals surface area contributed by atoms with Crippen LogP contribution in [-0.4, -0.2) is 19.7 Å². The molecular weight excluding hydrogens is 254 g/mol. The van der Waals surface area contributed by atoms with Crippen molar-refractivity contribution in [1.82, 2.24) is 19.7 Å². The third kappa shape index (κ3) is 2.46. The second-order valence-electron chi connectivity index (χ2n) is 4.61. The molecule has 2 heterocycles. The van der Waals surface area contributed by atoms with Crippen LogP contribution < -0.4 is 5.73 Å². The van der Waals surface area contributed by atoms with Gasteiger partial charge in [0, 0.05) is 19.4 Å². The summed E-state index contributed by atoms with van der Waals surface area (Å²) < 4.78 is 7.07. The first-order chi connectivity index (χ1) is 9.74. The molecule has 6 nitrogen and oxygen atoms in total. The number of nitrogens with zero attached hydrogens (tertiary/aromatic N) is 4. The third-order valence-electron chi connectivity index (χ3n) is 3.08. The van der Waals surface area contributed by atoms with Gasteiger partial charge < -0.3 is 14.8 Å². The third-order valence-corrected chi connectivity index (χ3v) is 3.08. The highest BCUT2D eigenvalue weighted by Crippen LogP contribution is 2.18. The standard InChI is InChI=1S/C14H15N5O/c1-19-8-7-16-13(19)12-17-14(20-18-12)11(15)9-10-5-3-2-4-6-10/h2-8,11H,9,15H2,1H3/t11-/m1/s1. The van der Waals surface area contributed by atoms with Gasteiger partial charge in [-0.1, -0.05) is 35.5 Å². The molecule has 0 spiro atoms. The lowest BCUT2D eigenvalue weighted by molar-refractivity contribution is 0.354. The quantitative estimate of drug-likeness (QED) is 0.779. The van der Waals surface area contributed by atoms with Crippen LogP contribution in [0.25, 0.3) is 11.6 Å². The van der Waals surface area contributed by atoms with Crippen LogP contribution in [0.1, 0.15) is 17.5 Å². The molecule has 2 aromatic heterocycles. The van der Waals surface area contributed by atoms with Crippen molar-refractivity contribution in [2.45, 2.75) is 12.5 Å². The largest absolute Gasteiger partial charge is 0.337 e. The molecule has 1 aromatic carbocycles. The summed E-state index contributed by atoms with van der Waals surface area (Å²) in [4.78, 5) is 8.50. The highest BCUT2D eigenvalue weighted by Gasteiger charge is 2.18. The van der Waals surface area contributed by atoms with Crippen LogP contribution in [0.15, 0.2) is 47.2 Å². The van der Waals surface area contributed by atoms with Crippen LogP contribution in [0.4, 0.5) is 0 Å². The van der Waals surface area contributed by atoms with E-state index in [2.05, 4.69) is 15.1 Å². The molecule has 0 saturated heterocycles. The van der Waals surface area contributed by atoms with E-state index in [1.807, 2.05) is 48.1 Å². The minimum absolute atomic E-state index is 0.320. The Labute approximate surface area is 116 Å². The maximum atomic E-state index is 6.11. The van der Waals surface area contributed by atoms with E-state index >= 15 is 0 Å². The van der Waals surface area contributed by atoms with Crippen molar-refractivity contribution >= 4 is 0 Å². The van der Waals surface area contributed by atoms with Crippen LogP contribution in [0.3, 0.4) is 0 Å². The molecule has 3 rings (SSSR count). The highest BCUT2D eigenvalue weighted by molar-refractivity contribution is 5.42. The van der Waals surface area contributed by atoms with Gasteiger partial charge in [0.2, 0.25) is 11.7 Å². The van der Waals surface area contributed by atoms with Crippen molar-refractivity contribution < 1.29 is 4.52 Å². The first-order valence-corrected chi connectivity index (χ1v) is 6.35. The maximum Gasteiger partial charge on any atom is 0.244 e. The Morgan fingerprint density at radius 3 is 2.80 bits per heavy atom. The fraction of sp³-hybridized carbons (Fsp3) is 0.214. The first kappa shape index (κ1) is 12.6. The maximum absolute atomic E-state index is 6.11. The van der Waals surface area contributed by atoms with Crippen LogP contribution in [-0.2, 0) is 13.5 Å². The molecule has 0 radical (unpaired) electrons. The van der Waals surface area contributed by atoms with Crippen molar-refractivity contribution in [3.63, 3.8) is 0 Å². The molecule has 0 unspecified atom stereocenters. The summed E-state index contributed by atoms with van der Waals surface area (Å²) in [7, 11) is 1.88. The Morgan fingerprint density at radius 1 is 1.30 bits per heavy atom. The molecule has 0 aliphatic carbocycles. The Hall–Kier alpha value is -2.47. The molecule has 0 saturated carbocycles. The lowest BCUT2D eigenvalue weighted by Crippen LogP contribution is -2.13. The van der Waals surface area contributed by atoms with E-state index in [0.717, 1.165) is 5.56 Å². The SMILES string of the molecule is Cn1ccnc1-c1noc([C@H](N)Cc2ccccc2)n1. The van der Waals surface area contributed by atoms with Gasteiger partial charge in [0.15, 0.2) is 5.82 Å². The molecule has 3 aromatic rings. The average Bonchev–Trinajstić information content (AvgIpc) is 3.08. The van der Waals surface area contributed by atoms with Gasteiger partial charge in [0.25, 0.3) is 0 Å². The summed E-state index contributed by atoms with van der Waals surface area (Å²) in [5.74, 6) is 1.54. The minimum Gasteiger partial charge on any atom is -0.337 e. The molecule has 0 fully saturated rings. The summed E-state index contributed by atoms with van der Waals surface area (Å²) in [5.41, 5.74) is 7.24. The Kier molecular flexibility index (Phi) is 3.30. The summed E-state index contributed by atoms with van der Waals surface area (Å²) in [6.07, 6.45) is 4.17. The van der Waals surface area contributed by atoms with E-state index in [9.17, 15) is 0 Å². The van der Waals surface area contributed by atoms with Gasteiger partial charge in [-0.2, -0.15) is 4.98 Å². The fourth-order valence-electron chi connectivity index (χ4n) is 2.01. The first-order valence-electron chi connectivity index (χ1n) is 6.35. The molecule has 20 heavy (non-hydrogen) atoms. The van der Waals surface area contributed by atoms with E-state index in [-0.39, 0.29) is 6.04 Å². The molecule has 6 heteroatoms. The number of nitrogens with two attached hydrogens (primary N) is 1. The van der Waals surface area contributed by atoms with Crippen LogP contribution >= 0.6 is 0 Å². The zero-order valence-corrected chi connectivity index (χ0v) is 11.1. The van der Waals surface area contributed by atoms with Crippen LogP contribution in [0.5, 0.6) is 0 Å².